The van der Waals surface area contributed by atoms with Crippen molar-refractivity contribution in [1.29, 1.82) is 5.26 Å². The van der Waals surface area contributed by atoms with Crippen molar-refractivity contribution < 1.29 is 9.13 Å². The summed E-state index contributed by atoms with van der Waals surface area (Å²) in [6.45, 7) is 1.89. The fraction of sp³-hybridized carbons (Fsp3) is 0.316. The number of nitrogens with two attached hydrogens (primary N) is 1. The number of benzene rings is 2. The Labute approximate surface area is 145 Å². The molecular weight excluding hydrogens is 327 g/mol. The van der Waals surface area contributed by atoms with Gasteiger partial charge in [0.15, 0.2) is 11.6 Å². The standard InChI is InChI=1S/C19H18ClFN2O/c1-2-16(23)14-7-8-15(20)18(17(14)21)24-13-5-3-12(4-6-13)19(11-22)9-10-19/h3-8,16H,2,9-10,23H2,1H3/t16-/m1/s1. The van der Waals surface area contributed by atoms with Crippen LogP contribution in [0.3, 0.4) is 0 Å². The molecule has 0 spiro atoms. The molecule has 0 unspecified atom stereocenters. The number of hydrogen-bond donors (Lipinski definition) is 1. The van der Waals surface area contributed by atoms with Crippen LogP contribution >= 0.6 is 11.6 Å². The summed E-state index contributed by atoms with van der Waals surface area (Å²) in [6.07, 6.45) is 2.37. The third kappa shape index (κ3) is 2.98. The molecule has 1 saturated carbocycles. The molecule has 5 heteroatoms. The van der Waals surface area contributed by atoms with E-state index in [2.05, 4.69) is 6.07 Å². The third-order valence-electron chi connectivity index (χ3n) is 4.51. The van der Waals surface area contributed by atoms with Gasteiger partial charge >= 0.3 is 0 Å². The van der Waals surface area contributed by atoms with Crippen LogP contribution < -0.4 is 10.5 Å². The maximum Gasteiger partial charge on any atom is 0.181 e. The Hall–Kier alpha value is -2.09. The van der Waals surface area contributed by atoms with E-state index in [4.69, 9.17) is 22.1 Å². The maximum absolute atomic E-state index is 14.7. The first-order valence-corrected chi connectivity index (χ1v) is 8.31. The van der Waals surface area contributed by atoms with Gasteiger partial charge < -0.3 is 10.5 Å². The van der Waals surface area contributed by atoms with Gasteiger partial charge in [-0.2, -0.15) is 5.26 Å². The van der Waals surface area contributed by atoms with Crippen LogP contribution in [-0.2, 0) is 5.41 Å². The van der Waals surface area contributed by atoms with Gasteiger partial charge in [-0.15, -0.1) is 0 Å². The van der Waals surface area contributed by atoms with E-state index in [-0.39, 0.29) is 16.2 Å². The SMILES string of the molecule is CC[C@@H](N)c1ccc(Cl)c(Oc2ccc(C3(C#N)CC3)cc2)c1F. The molecule has 2 N–H and O–H groups in total. The number of rotatable bonds is 5. The fourth-order valence-corrected chi connectivity index (χ4v) is 2.88. The summed E-state index contributed by atoms with van der Waals surface area (Å²) in [5.41, 5.74) is 6.92. The first-order chi connectivity index (χ1) is 11.5. The normalized spacial score (nSPS) is 16.3. The maximum atomic E-state index is 14.7. The van der Waals surface area contributed by atoms with Crippen molar-refractivity contribution in [3.63, 3.8) is 0 Å². The lowest BCUT2D eigenvalue weighted by Crippen LogP contribution is -2.11. The molecule has 2 aromatic rings. The van der Waals surface area contributed by atoms with Crippen molar-refractivity contribution in [2.45, 2.75) is 37.6 Å². The molecule has 0 aliphatic heterocycles. The summed E-state index contributed by atoms with van der Waals surface area (Å²) in [7, 11) is 0. The molecule has 0 amide bonds. The average molecular weight is 345 g/mol. The first-order valence-electron chi connectivity index (χ1n) is 7.94. The molecule has 1 atom stereocenters. The second kappa shape index (κ2) is 6.43. The molecule has 0 heterocycles. The summed E-state index contributed by atoms with van der Waals surface area (Å²) < 4.78 is 20.3. The van der Waals surface area contributed by atoms with Gasteiger partial charge in [0, 0.05) is 11.6 Å². The van der Waals surface area contributed by atoms with E-state index in [0.29, 0.717) is 17.7 Å². The molecule has 0 aromatic heterocycles. The minimum Gasteiger partial charge on any atom is -0.453 e. The van der Waals surface area contributed by atoms with E-state index in [1.54, 1.807) is 24.3 Å². The smallest absolute Gasteiger partial charge is 0.181 e. The van der Waals surface area contributed by atoms with Crippen LogP contribution in [0.2, 0.25) is 5.02 Å². The molecule has 0 bridgehead atoms. The van der Waals surface area contributed by atoms with E-state index in [1.165, 1.54) is 0 Å². The van der Waals surface area contributed by atoms with Crippen molar-refractivity contribution in [2.24, 2.45) is 5.73 Å². The largest absolute Gasteiger partial charge is 0.453 e. The van der Waals surface area contributed by atoms with E-state index >= 15 is 0 Å². The summed E-state index contributed by atoms with van der Waals surface area (Å²) in [4.78, 5) is 0. The van der Waals surface area contributed by atoms with Crippen molar-refractivity contribution in [1.82, 2.24) is 0 Å². The Kier molecular flexibility index (Phi) is 4.49. The van der Waals surface area contributed by atoms with Crippen LogP contribution in [0.4, 0.5) is 4.39 Å². The van der Waals surface area contributed by atoms with Gasteiger partial charge in [-0.25, -0.2) is 4.39 Å². The summed E-state index contributed by atoms with van der Waals surface area (Å²) in [5, 5.41) is 9.43. The first kappa shape index (κ1) is 16.8. The lowest BCUT2D eigenvalue weighted by Gasteiger charge is -2.15. The van der Waals surface area contributed by atoms with E-state index < -0.39 is 11.9 Å². The molecule has 2 aromatic carbocycles. The Bertz CT molecular complexity index is 794. The van der Waals surface area contributed by atoms with E-state index in [9.17, 15) is 9.65 Å². The topological polar surface area (TPSA) is 59.0 Å². The van der Waals surface area contributed by atoms with Crippen LogP contribution in [0.15, 0.2) is 36.4 Å². The van der Waals surface area contributed by atoms with Crippen LogP contribution in [0.5, 0.6) is 11.5 Å². The number of nitrogens with zero attached hydrogens (tertiary/aromatic N) is 1. The number of nitriles is 1. The van der Waals surface area contributed by atoms with Gasteiger partial charge in [0.2, 0.25) is 0 Å². The van der Waals surface area contributed by atoms with Crippen molar-refractivity contribution in [3.8, 4) is 17.6 Å². The highest BCUT2D eigenvalue weighted by molar-refractivity contribution is 6.32. The van der Waals surface area contributed by atoms with Crippen molar-refractivity contribution in [3.05, 3.63) is 58.4 Å². The van der Waals surface area contributed by atoms with Crippen molar-refractivity contribution in [2.75, 3.05) is 0 Å². The van der Waals surface area contributed by atoms with Crippen molar-refractivity contribution >= 4 is 11.6 Å². The zero-order valence-electron chi connectivity index (χ0n) is 13.4. The zero-order chi connectivity index (χ0) is 17.3. The highest BCUT2D eigenvalue weighted by atomic mass is 35.5. The van der Waals surface area contributed by atoms with Crippen LogP contribution in [0.25, 0.3) is 0 Å². The molecule has 3 nitrogen and oxygen atoms in total. The van der Waals surface area contributed by atoms with Crippen LogP contribution in [-0.4, -0.2) is 0 Å². The Balaban J connectivity index is 1.87. The molecule has 24 heavy (non-hydrogen) atoms. The molecule has 1 fully saturated rings. The van der Waals surface area contributed by atoms with Crippen LogP contribution in [0, 0.1) is 17.1 Å². The highest BCUT2D eigenvalue weighted by Crippen LogP contribution is 2.48. The molecule has 3 rings (SSSR count). The van der Waals surface area contributed by atoms with Gasteiger partial charge in [0.1, 0.15) is 5.75 Å². The predicted molar refractivity (Wildman–Crippen MR) is 91.7 cm³/mol. The van der Waals surface area contributed by atoms with Gasteiger partial charge in [-0.05, 0) is 43.0 Å². The summed E-state index contributed by atoms with van der Waals surface area (Å²) in [5.74, 6) is -0.0839. The second-order valence-corrected chi connectivity index (χ2v) is 6.52. The van der Waals surface area contributed by atoms with Gasteiger partial charge in [-0.3, -0.25) is 0 Å². The van der Waals surface area contributed by atoms with E-state index in [0.717, 1.165) is 18.4 Å². The Morgan fingerprint density at radius 3 is 2.50 bits per heavy atom. The number of halogens is 2. The summed E-state index contributed by atoms with van der Waals surface area (Å²) >= 11 is 6.09. The summed E-state index contributed by atoms with van der Waals surface area (Å²) in [6, 6.07) is 12.3. The number of ether oxygens (including phenoxy) is 1. The zero-order valence-corrected chi connectivity index (χ0v) is 14.1. The fourth-order valence-electron chi connectivity index (χ4n) is 2.70. The minimum absolute atomic E-state index is 0.0211. The lowest BCUT2D eigenvalue weighted by atomic mass is 9.98. The molecule has 1 aliphatic carbocycles. The quantitative estimate of drug-likeness (QED) is 0.807. The number of hydrogen-bond acceptors (Lipinski definition) is 3. The van der Waals surface area contributed by atoms with Gasteiger partial charge in [0.25, 0.3) is 0 Å². The monoisotopic (exact) mass is 344 g/mol. The van der Waals surface area contributed by atoms with E-state index in [1.807, 2.05) is 19.1 Å². The molecular formula is C19H18ClFN2O. The van der Waals surface area contributed by atoms with Gasteiger partial charge in [0.05, 0.1) is 16.5 Å². The molecule has 124 valence electrons. The Morgan fingerprint density at radius 1 is 1.29 bits per heavy atom. The Morgan fingerprint density at radius 2 is 1.96 bits per heavy atom. The molecule has 0 radical (unpaired) electrons. The van der Waals surface area contributed by atoms with Gasteiger partial charge in [-0.1, -0.05) is 36.7 Å². The lowest BCUT2D eigenvalue weighted by molar-refractivity contribution is 0.434. The molecule has 0 saturated heterocycles. The molecule has 1 aliphatic rings. The predicted octanol–water partition coefficient (Wildman–Crippen LogP) is 5.24. The minimum atomic E-state index is -0.531. The highest BCUT2D eigenvalue weighted by Gasteiger charge is 2.44. The third-order valence-corrected chi connectivity index (χ3v) is 4.81. The second-order valence-electron chi connectivity index (χ2n) is 6.11. The average Bonchev–Trinajstić information content (AvgIpc) is 3.40. The van der Waals surface area contributed by atoms with Crippen LogP contribution in [0.1, 0.15) is 43.4 Å².